The van der Waals surface area contributed by atoms with Crippen molar-refractivity contribution in [1.82, 2.24) is 113 Å². The molecule has 14 heterocycles. The van der Waals surface area contributed by atoms with Crippen LogP contribution in [0.1, 0.15) is 94.2 Å². The molecule has 0 unspecified atom stereocenters. The molecule has 614 valence electrons. The summed E-state index contributed by atoms with van der Waals surface area (Å²) in [6, 6.07) is 56.2. The predicted molar refractivity (Wildman–Crippen MR) is 467 cm³/mol. The molecule has 19 rings (SSSR count). The minimum absolute atomic E-state index is 0.102. The van der Waals surface area contributed by atoms with E-state index in [2.05, 4.69) is 131 Å². The number of piperidine rings is 1. The molecule has 8 N–H and O–H groups in total. The maximum absolute atomic E-state index is 13.1. The standard InChI is InChI=1S/C18H13BrFN5O.C18H17N5O2S.C18H21N5O.C16H19N5OS.C15H17N5O/c19-12-3-7-14(8-4-12)21-10-15-9-16(26)25-18(22-15)23-17(24-25)11-1-5-13(20)6-2-11;1-2-25-14-7-5-12(6-8-14)19-11-13-10-16(24)23-18(20-13)21-17(22-23)15-4-3-9-26-15;1-13-7-9-22(10-8-13)12-15-11-16(24)23-18(19-15)20-17(21-23)14-5-3-2-4-6-14;22-14-10-12(11-20-7-3-1-2-4-8-20)17-16-18-15(19-21(14)16)13-6-5-9-23-13;1-2-8-16-10-12-9-13(21)20-15(17-12)18-14(19-20)11-6-4-3-5-7-11/h1-9,21H,10H2,(H,22,23,24);3-10,19H,2,11H2,1H3,(H,20,21,22);2-6,11,13H,7-10,12H2,1H3,(H,19,20,21);5-6,9-10H,1-4,7-8,11H2,(H,17,18,19);3-7,9,16H,2,8,10H2,1H3,(H,17,18,19). The van der Waals surface area contributed by atoms with E-state index in [1.807, 2.05) is 151 Å². The number of ether oxygens (including phenoxy) is 1. The fraction of sp³-hybridized carbons (Fsp3) is 0.259. The average Bonchev–Trinajstić information content (AvgIpc) is 1.68. The van der Waals surface area contributed by atoms with Crippen molar-refractivity contribution in [3.8, 4) is 61.3 Å². The molecule has 17 aromatic rings. The molecule has 31 nitrogen and oxygen atoms in total. The van der Waals surface area contributed by atoms with Gasteiger partial charge >= 0.3 is 0 Å². The summed E-state index contributed by atoms with van der Waals surface area (Å²) in [4.78, 5) is 113. The smallest absolute Gasteiger partial charge is 0.274 e. The first-order valence-corrected chi connectivity index (χ1v) is 42.1. The second kappa shape index (κ2) is 39.0. The van der Waals surface area contributed by atoms with Gasteiger partial charge in [0, 0.05) is 82.5 Å². The number of aromatic nitrogens is 20. The molecular weight excluding hydrogens is 1630 g/mol. The maximum atomic E-state index is 13.1. The lowest BCUT2D eigenvalue weighted by Gasteiger charge is -2.29. The molecule has 5 aromatic carbocycles. The first kappa shape index (κ1) is 82.1. The van der Waals surface area contributed by atoms with Crippen LogP contribution in [0.4, 0.5) is 15.8 Å². The van der Waals surface area contributed by atoms with Crippen LogP contribution in [0.2, 0.25) is 0 Å². The summed E-state index contributed by atoms with van der Waals surface area (Å²) in [5.41, 5.74) is 7.09. The highest BCUT2D eigenvalue weighted by Crippen LogP contribution is 2.26. The summed E-state index contributed by atoms with van der Waals surface area (Å²) >= 11 is 6.53. The van der Waals surface area contributed by atoms with Crippen LogP contribution in [0.25, 0.3) is 84.5 Å². The van der Waals surface area contributed by atoms with E-state index in [1.165, 1.54) is 91.4 Å². The Balaban J connectivity index is 0.000000117. The third kappa shape index (κ3) is 21.1. The van der Waals surface area contributed by atoms with Gasteiger partial charge in [-0.2, -0.15) is 47.5 Å². The number of thiophene rings is 2. The largest absolute Gasteiger partial charge is 0.494 e. The zero-order valence-electron chi connectivity index (χ0n) is 66.0. The summed E-state index contributed by atoms with van der Waals surface area (Å²) in [5, 5.41) is 28.6. The Morgan fingerprint density at radius 1 is 0.425 bits per heavy atom. The number of hydrogen-bond donors (Lipinski definition) is 8. The first-order valence-electron chi connectivity index (χ1n) is 39.6. The molecule has 2 fully saturated rings. The quantitative estimate of drug-likeness (QED) is 0.0310. The van der Waals surface area contributed by atoms with Crippen LogP contribution in [0.3, 0.4) is 0 Å². The lowest BCUT2D eigenvalue weighted by Crippen LogP contribution is -2.33. The number of benzene rings is 5. The summed E-state index contributed by atoms with van der Waals surface area (Å²) in [7, 11) is 0. The van der Waals surface area contributed by atoms with Gasteiger partial charge in [-0.05, 0) is 173 Å². The number of nitrogens with zero attached hydrogens (tertiary/aromatic N) is 17. The lowest BCUT2D eigenvalue weighted by molar-refractivity contribution is 0.183. The van der Waals surface area contributed by atoms with Crippen LogP contribution in [-0.2, 0) is 32.7 Å². The van der Waals surface area contributed by atoms with Crippen molar-refractivity contribution in [3.63, 3.8) is 0 Å². The third-order valence-corrected chi connectivity index (χ3v) is 22.0. The van der Waals surface area contributed by atoms with Crippen molar-refractivity contribution in [2.24, 2.45) is 5.92 Å². The number of likely N-dealkylation sites (tertiary alicyclic amines) is 2. The lowest BCUT2D eigenvalue weighted by atomic mass is 9.99. The van der Waals surface area contributed by atoms with E-state index in [1.54, 1.807) is 46.9 Å². The topological polar surface area (TPSA) is 367 Å². The predicted octanol–water partition coefficient (Wildman–Crippen LogP) is 13.2. The van der Waals surface area contributed by atoms with Crippen molar-refractivity contribution < 1.29 is 9.13 Å². The van der Waals surface area contributed by atoms with Crippen molar-refractivity contribution >= 4 is 78.9 Å². The minimum atomic E-state index is -0.332. The van der Waals surface area contributed by atoms with Crippen molar-refractivity contribution in [1.29, 1.82) is 0 Å². The number of fused-ring (bicyclic) bond motifs is 5. The van der Waals surface area contributed by atoms with Gasteiger partial charge in [0.15, 0.2) is 29.1 Å². The molecule has 35 heteroatoms. The number of rotatable bonds is 21. The van der Waals surface area contributed by atoms with E-state index in [4.69, 9.17) is 4.74 Å². The Morgan fingerprint density at radius 2 is 0.800 bits per heavy atom. The van der Waals surface area contributed by atoms with Gasteiger partial charge in [0.2, 0.25) is 0 Å². The Kier molecular flexibility index (Phi) is 26.7. The number of H-pyrrole nitrogens is 5. The molecule has 0 spiro atoms. The SMILES string of the molecule is CC1CCN(Cc2cc(=O)n3[nH]c(-c4ccccc4)nc3n2)CC1.CCCNCc1cc(=O)n2[nH]c(-c3ccccc3)nc2n1.CCOc1ccc(NCc2cc(=O)n3[nH]c(-c4cccs4)nc3n2)cc1.O=c1cc(CN2CCCCCC2)nc2nc(-c3cccs3)[nH]n12.O=c1cc(CNc2ccc(Br)cc2)nc2nc(-c3ccc(F)cc3)[nH]n12. The number of aromatic amines is 5. The Bertz CT molecular complexity index is 6550. The van der Waals surface area contributed by atoms with Gasteiger partial charge in [-0.3, -0.25) is 59.3 Å². The molecule has 0 atom stereocenters. The highest BCUT2D eigenvalue weighted by Gasteiger charge is 2.21. The average molecular weight is 1720 g/mol. The summed E-state index contributed by atoms with van der Waals surface area (Å²) in [5.74, 6) is 6.28. The minimum Gasteiger partial charge on any atom is -0.494 e. The van der Waals surface area contributed by atoms with Crippen LogP contribution in [0.15, 0.2) is 227 Å². The van der Waals surface area contributed by atoms with Crippen molar-refractivity contribution in [2.45, 2.75) is 98.4 Å². The van der Waals surface area contributed by atoms with E-state index in [9.17, 15) is 28.4 Å². The molecule has 2 aliphatic heterocycles. The molecule has 2 saturated heterocycles. The molecule has 0 bridgehead atoms. The molecule has 2 aliphatic rings. The molecule has 12 aromatic heterocycles. The van der Waals surface area contributed by atoms with E-state index >= 15 is 0 Å². The molecule has 0 amide bonds. The second-order valence-corrected chi connectivity index (χ2v) is 31.5. The molecule has 0 saturated carbocycles. The van der Waals surface area contributed by atoms with Crippen molar-refractivity contribution in [2.75, 3.05) is 50.0 Å². The molecule has 0 radical (unpaired) electrons. The zero-order chi connectivity index (χ0) is 82.9. The third-order valence-electron chi connectivity index (χ3n) is 19.7. The second-order valence-electron chi connectivity index (χ2n) is 28.7. The van der Waals surface area contributed by atoms with Crippen LogP contribution < -0.4 is 48.5 Å². The van der Waals surface area contributed by atoms with E-state index in [0.717, 1.165) is 105 Å². The van der Waals surface area contributed by atoms with Gasteiger partial charge in [0.05, 0.1) is 57.9 Å². The van der Waals surface area contributed by atoms with Gasteiger partial charge in [-0.15, -0.1) is 22.7 Å². The van der Waals surface area contributed by atoms with Crippen LogP contribution in [0.5, 0.6) is 5.75 Å². The normalized spacial score (nSPS) is 13.2. The number of nitrogens with one attached hydrogen (secondary N) is 8. The zero-order valence-corrected chi connectivity index (χ0v) is 69.2. The Hall–Kier alpha value is -13.1. The van der Waals surface area contributed by atoms with Gasteiger partial charge in [0.1, 0.15) is 11.6 Å². The van der Waals surface area contributed by atoms with Crippen LogP contribution in [-0.4, -0.2) is 147 Å². The summed E-state index contributed by atoms with van der Waals surface area (Å²) in [6.45, 7) is 15.0. The fourth-order valence-corrected chi connectivity index (χ4v) is 15.1. The highest BCUT2D eigenvalue weighted by atomic mass is 79.9. The molecular formula is C85H87BrFN25O6S2. The summed E-state index contributed by atoms with van der Waals surface area (Å²) in [6.07, 6.45) is 8.52. The van der Waals surface area contributed by atoms with Gasteiger partial charge in [-0.1, -0.05) is 115 Å². The van der Waals surface area contributed by atoms with Gasteiger partial charge < -0.3 is 20.7 Å². The number of hydrogen-bond acceptors (Lipinski definition) is 23. The Morgan fingerprint density at radius 3 is 1.21 bits per heavy atom. The van der Waals surface area contributed by atoms with E-state index in [0.29, 0.717) is 108 Å². The van der Waals surface area contributed by atoms with Gasteiger partial charge in [0.25, 0.3) is 56.7 Å². The first-order chi connectivity index (χ1) is 58.6. The maximum Gasteiger partial charge on any atom is 0.274 e. The van der Waals surface area contributed by atoms with E-state index < -0.39 is 0 Å². The van der Waals surface area contributed by atoms with E-state index in [-0.39, 0.29) is 39.4 Å². The van der Waals surface area contributed by atoms with Crippen LogP contribution in [0, 0.1) is 11.7 Å². The molecule has 0 aliphatic carbocycles. The number of anilines is 2. The highest BCUT2D eigenvalue weighted by molar-refractivity contribution is 9.10. The fourth-order valence-electron chi connectivity index (χ4n) is 13.5. The van der Waals surface area contributed by atoms with Gasteiger partial charge in [-0.25, -0.2) is 29.3 Å². The molecule has 120 heavy (non-hydrogen) atoms. The summed E-state index contributed by atoms with van der Waals surface area (Å²) < 4.78 is 26.3. The Labute approximate surface area is 701 Å². The van der Waals surface area contributed by atoms with Crippen LogP contribution >= 0.6 is 38.6 Å². The van der Waals surface area contributed by atoms with Crippen molar-refractivity contribution in [3.05, 3.63) is 289 Å². The monoisotopic (exact) mass is 1720 g/mol. The number of halogens is 2.